The van der Waals surface area contributed by atoms with Crippen molar-refractivity contribution in [2.24, 2.45) is 5.41 Å². The summed E-state index contributed by atoms with van der Waals surface area (Å²) in [6.07, 6.45) is 0.775. The highest BCUT2D eigenvalue weighted by molar-refractivity contribution is 6.30. The normalized spacial score (nSPS) is 11.9. The average molecular weight is 362 g/mol. The molecule has 6 heteroatoms. The molecule has 0 amide bonds. The minimum absolute atomic E-state index is 0.132. The maximum absolute atomic E-state index is 13.8. The number of aromatic nitrogens is 2. The van der Waals surface area contributed by atoms with Crippen LogP contribution in [0.3, 0.4) is 0 Å². The zero-order chi connectivity index (χ0) is 18.0. The maximum atomic E-state index is 13.8. The van der Waals surface area contributed by atoms with Gasteiger partial charge in [-0.25, -0.2) is 9.37 Å². The van der Waals surface area contributed by atoms with Crippen molar-refractivity contribution < 1.29 is 9.50 Å². The van der Waals surface area contributed by atoms with E-state index in [-0.39, 0.29) is 17.8 Å². The highest BCUT2D eigenvalue weighted by Crippen LogP contribution is 2.24. The van der Waals surface area contributed by atoms with Crippen molar-refractivity contribution >= 4 is 28.6 Å². The molecule has 4 nitrogen and oxygen atoms in total. The minimum atomic E-state index is -0.343. The number of nitrogens with one attached hydrogen (secondary N) is 2. The molecule has 0 aliphatic rings. The van der Waals surface area contributed by atoms with Crippen LogP contribution in [0.5, 0.6) is 0 Å². The summed E-state index contributed by atoms with van der Waals surface area (Å²) >= 11 is 5.76. The van der Waals surface area contributed by atoms with Gasteiger partial charge in [0.1, 0.15) is 5.82 Å². The van der Waals surface area contributed by atoms with Crippen LogP contribution < -0.4 is 5.32 Å². The number of hydrogen-bond acceptors (Lipinski definition) is 3. The SMILES string of the molecule is CC(C)(CO)Cc1ccc2nc(NCc3ccc(Cl)cc3F)[nH]c2c1. The summed E-state index contributed by atoms with van der Waals surface area (Å²) in [5.74, 6) is 0.243. The van der Waals surface area contributed by atoms with E-state index >= 15 is 0 Å². The highest BCUT2D eigenvalue weighted by Gasteiger charge is 2.17. The van der Waals surface area contributed by atoms with Gasteiger partial charge in [0.2, 0.25) is 5.95 Å². The Bertz CT molecular complexity index is 892. The first kappa shape index (κ1) is 17.7. The zero-order valence-corrected chi connectivity index (χ0v) is 15.0. The number of aromatic amines is 1. The number of aliphatic hydroxyl groups excluding tert-OH is 1. The van der Waals surface area contributed by atoms with E-state index in [0.29, 0.717) is 23.1 Å². The van der Waals surface area contributed by atoms with Crippen LogP contribution in [0.2, 0.25) is 5.02 Å². The third-order valence-electron chi connectivity index (χ3n) is 4.12. The van der Waals surface area contributed by atoms with Gasteiger partial charge in [0, 0.05) is 23.7 Å². The Labute approximate surface area is 151 Å². The fraction of sp³-hybridized carbons (Fsp3) is 0.316. The zero-order valence-electron chi connectivity index (χ0n) is 14.2. The van der Waals surface area contributed by atoms with Crippen LogP contribution >= 0.6 is 11.6 Å². The van der Waals surface area contributed by atoms with E-state index in [1.165, 1.54) is 6.07 Å². The van der Waals surface area contributed by atoms with E-state index in [1.807, 2.05) is 32.0 Å². The molecule has 0 aliphatic carbocycles. The Morgan fingerprint density at radius 1 is 1.24 bits per heavy atom. The van der Waals surface area contributed by atoms with Crippen LogP contribution in [0.25, 0.3) is 11.0 Å². The molecule has 132 valence electrons. The Morgan fingerprint density at radius 3 is 2.76 bits per heavy atom. The van der Waals surface area contributed by atoms with Crippen LogP contribution in [0.15, 0.2) is 36.4 Å². The number of H-pyrrole nitrogens is 1. The van der Waals surface area contributed by atoms with Gasteiger partial charge in [0.25, 0.3) is 0 Å². The topological polar surface area (TPSA) is 60.9 Å². The van der Waals surface area contributed by atoms with E-state index < -0.39 is 0 Å². The van der Waals surface area contributed by atoms with Crippen LogP contribution in [0.1, 0.15) is 25.0 Å². The summed E-state index contributed by atoms with van der Waals surface area (Å²) in [5.41, 5.74) is 3.23. The number of hydrogen-bond donors (Lipinski definition) is 3. The van der Waals surface area contributed by atoms with Gasteiger partial charge in [0.15, 0.2) is 0 Å². The first-order valence-corrected chi connectivity index (χ1v) is 8.51. The average Bonchev–Trinajstić information content (AvgIpc) is 2.96. The van der Waals surface area contributed by atoms with E-state index in [1.54, 1.807) is 12.1 Å². The molecule has 25 heavy (non-hydrogen) atoms. The minimum Gasteiger partial charge on any atom is -0.396 e. The van der Waals surface area contributed by atoms with Crippen molar-refractivity contribution in [3.8, 4) is 0 Å². The summed E-state index contributed by atoms with van der Waals surface area (Å²) in [4.78, 5) is 7.68. The third-order valence-corrected chi connectivity index (χ3v) is 4.35. The molecule has 0 unspecified atom stereocenters. The molecule has 3 aromatic rings. The maximum Gasteiger partial charge on any atom is 0.201 e. The van der Waals surface area contributed by atoms with Crippen molar-refractivity contribution in [1.82, 2.24) is 9.97 Å². The molecule has 0 spiro atoms. The monoisotopic (exact) mass is 361 g/mol. The van der Waals surface area contributed by atoms with Crippen molar-refractivity contribution in [2.75, 3.05) is 11.9 Å². The van der Waals surface area contributed by atoms with Gasteiger partial charge in [0.05, 0.1) is 11.0 Å². The molecule has 3 N–H and O–H groups in total. The summed E-state index contributed by atoms with van der Waals surface area (Å²) in [6.45, 7) is 4.50. The molecule has 1 aromatic heterocycles. The fourth-order valence-electron chi connectivity index (χ4n) is 2.70. The van der Waals surface area contributed by atoms with Gasteiger partial charge in [-0.1, -0.05) is 37.6 Å². The Morgan fingerprint density at radius 2 is 2.04 bits per heavy atom. The largest absolute Gasteiger partial charge is 0.396 e. The first-order valence-electron chi connectivity index (χ1n) is 8.14. The summed E-state index contributed by atoms with van der Waals surface area (Å²) in [7, 11) is 0. The fourth-order valence-corrected chi connectivity index (χ4v) is 2.86. The third kappa shape index (κ3) is 4.30. The highest BCUT2D eigenvalue weighted by atomic mass is 35.5. The Hall–Kier alpha value is -2.11. The Kier molecular flexibility index (Phi) is 4.97. The molecule has 3 rings (SSSR count). The lowest BCUT2D eigenvalue weighted by molar-refractivity contribution is 0.159. The van der Waals surface area contributed by atoms with Gasteiger partial charge >= 0.3 is 0 Å². The lowest BCUT2D eigenvalue weighted by atomic mass is 9.87. The smallest absolute Gasteiger partial charge is 0.201 e. The number of anilines is 1. The molecule has 1 heterocycles. The molecule has 0 aliphatic heterocycles. The number of aliphatic hydroxyl groups is 1. The number of benzene rings is 2. The van der Waals surface area contributed by atoms with Crippen LogP contribution in [-0.2, 0) is 13.0 Å². The first-order chi connectivity index (χ1) is 11.9. The number of rotatable bonds is 6. The van der Waals surface area contributed by atoms with Crippen molar-refractivity contribution in [1.29, 1.82) is 0 Å². The summed E-state index contributed by atoms with van der Waals surface area (Å²) in [5, 5.41) is 12.9. The molecule has 0 saturated carbocycles. The standard InChI is InChI=1S/C19H21ClFN3O/c1-19(2,11-25)9-12-3-6-16-17(7-12)24-18(23-16)22-10-13-4-5-14(20)8-15(13)21/h3-8,25H,9-11H2,1-2H3,(H2,22,23,24). The predicted octanol–water partition coefficient (Wildman–Crippen LogP) is 4.53. The number of imidazole rings is 1. The van der Waals surface area contributed by atoms with Crippen LogP contribution in [0.4, 0.5) is 10.3 Å². The molecule has 0 saturated heterocycles. The van der Waals surface area contributed by atoms with Gasteiger partial charge in [-0.15, -0.1) is 0 Å². The molecule has 0 bridgehead atoms. The quantitative estimate of drug-likeness (QED) is 0.604. The number of nitrogens with zero attached hydrogens (tertiary/aromatic N) is 1. The van der Waals surface area contributed by atoms with Gasteiger partial charge in [-0.3, -0.25) is 0 Å². The van der Waals surface area contributed by atoms with Crippen molar-refractivity contribution in [3.05, 3.63) is 58.4 Å². The number of fused-ring (bicyclic) bond motifs is 1. The molecule has 0 fully saturated rings. The molecule has 0 atom stereocenters. The van der Waals surface area contributed by atoms with E-state index in [2.05, 4.69) is 15.3 Å². The molecule has 2 aromatic carbocycles. The van der Waals surface area contributed by atoms with Gasteiger partial charge < -0.3 is 15.4 Å². The van der Waals surface area contributed by atoms with Gasteiger partial charge in [-0.05, 0) is 41.7 Å². The summed E-state index contributed by atoms with van der Waals surface area (Å²) < 4.78 is 13.8. The van der Waals surface area contributed by atoms with Crippen molar-refractivity contribution in [3.63, 3.8) is 0 Å². The van der Waals surface area contributed by atoms with Crippen molar-refractivity contribution in [2.45, 2.75) is 26.8 Å². The lowest BCUT2D eigenvalue weighted by Crippen LogP contribution is -2.19. The second-order valence-corrected chi connectivity index (χ2v) is 7.46. The second kappa shape index (κ2) is 7.02. The molecular weight excluding hydrogens is 341 g/mol. The van der Waals surface area contributed by atoms with Crippen LogP contribution in [0, 0.1) is 11.2 Å². The second-order valence-electron chi connectivity index (χ2n) is 7.03. The van der Waals surface area contributed by atoms with E-state index in [4.69, 9.17) is 11.6 Å². The van der Waals surface area contributed by atoms with E-state index in [9.17, 15) is 9.50 Å². The molecular formula is C19H21ClFN3O. The van der Waals surface area contributed by atoms with E-state index in [0.717, 1.165) is 23.0 Å². The lowest BCUT2D eigenvalue weighted by Gasteiger charge is -2.21. The Balaban J connectivity index is 1.74. The molecule has 0 radical (unpaired) electrons. The number of halogens is 2. The van der Waals surface area contributed by atoms with Gasteiger partial charge in [-0.2, -0.15) is 0 Å². The predicted molar refractivity (Wildman–Crippen MR) is 99.4 cm³/mol. The summed E-state index contributed by atoms with van der Waals surface area (Å²) in [6, 6.07) is 10.6. The van der Waals surface area contributed by atoms with Crippen LogP contribution in [-0.4, -0.2) is 21.7 Å².